The van der Waals surface area contributed by atoms with Gasteiger partial charge in [0.1, 0.15) is 5.84 Å². The van der Waals surface area contributed by atoms with Crippen molar-refractivity contribution in [2.75, 3.05) is 11.4 Å². The number of hydrogen-bond donors (Lipinski definition) is 2. The monoisotopic (exact) mass is 253 g/mol. The van der Waals surface area contributed by atoms with Crippen molar-refractivity contribution in [1.82, 2.24) is 0 Å². The molecule has 2 rings (SSSR count). The van der Waals surface area contributed by atoms with Crippen LogP contribution in [0.2, 0.25) is 0 Å². The van der Waals surface area contributed by atoms with Crippen molar-refractivity contribution in [3.8, 4) is 0 Å². The Kier molecular flexibility index (Phi) is 3.85. The van der Waals surface area contributed by atoms with Gasteiger partial charge in [0.2, 0.25) is 0 Å². The first kappa shape index (κ1) is 13.1. The van der Waals surface area contributed by atoms with Gasteiger partial charge in [-0.05, 0) is 38.1 Å². The van der Waals surface area contributed by atoms with Gasteiger partial charge in [0.15, 0.2) is 0 Å². The number of amidine groups is 1. The molecule has 19 heavy (non-hydrogen) atoms. The Morgan fingerprint density at radius 2 is 1.74 bits per heavy atom. The van der Waals surface area contributed by atoms with Crippen molar-refractivity contribution in [3.63, 3.8) is 0 Å². The third-order valence-corrected chi connectivity index (χ3v) is 3.15. The molecule has 0 saturated carbocycles. The lowest BCUT2D eigenvalue weighted by atomic mass is 10.1. The summed E-state index contributed by atoms with van der Waals surface area (Å²) in [6.07, 6.45) is 0. The summed E-state index contributed by atoms with van der Waals surface area (Å²) in [6, 6.07) is 16.1. The zero-order valence-corrected chi connectivity index (χ0v) is 11.4. The van der Waals surface area contributed by atoms with Crippen molar-refractivity contribution >= 4 is 17.2 Å². The zero-order valence-electron chi connectivity index (χ0n) is 11.4. The van der Waals surface area contributed by atoms with Gasteiger partial charge in [-0.25, -0.2) is 0 Å². The summed E-state index contributed by atoms with van der Waals surface area (Å²) in [5.41, 5.74) is 9.76. The van der Waals surface area contributed by atoms with Crippen LogP contribution < -0.4 is 10.6 Å². The molecular formula is C16H19N3. The molecule has 0 spiro atoms. The molecule has 0 aromatic heterocycles. The zero-order chi connectivity index (χ0) is 13.8. The molecule has 0 atom stereocenters. The van der Waals surface area contributed by atoms with E-state index in [2.05, 4.69) is 43.0 Å². The number of benzene rings is 2. The van der Waals surface area contributed by atoms with Crippen LogP contribution in [0, 0.1) is 12.3 Å². The topological polar surface area (TPSA) is 53.1 Å². The molecule has 0 aliphatic carbocycles. The van der Waals surface area contributed by atoms with E-state index in [9.17, 15) is 0 Å². The van der Waals surface area contributed by atoms with E-state index >= 15 is 0 Å². The van der Waals surface area contributed by atoms with Crippen molar-refractivity contribution in [2.24, 2.45) is 5.73 Å². The molecule has 0 heterocycles. The quantitative estimate of drug-likeness (QED) is 0.648. The van der Waals surface area contributed by atoms with E-state index in [1.54, 1.807) is 0 Å². The predicted octanol–water partition coefficient (Wildman–Crippen LogP) is 3.44. The Labute approximate surface area is 114 Å². The molecule has 0 unspecified atom stereocenters. The van der Waals surface area contributed by atoms with Gasteiger partial charge in [0, 0.05) is 17.8 Å². The molecule has 2 aromatic rings. The number of hydrogen-bond acceptors (Lipinski definition) is 2. The summed E-state index contributed by atoms with van der Waals surface area (Å²) in [5, 5.41) is 7.69. The van der Waals surface area contributed by atoms with Gasteiger partial charge >= 0.3 is 0 Å². The summed E-state index contributed by atoms with van der Waals surface area (Å²) in [7, 11) is 0. The molecule has 0 radical (unpaired) electrons. The number of anilines is 2. The number of nitrogens with zero attached hydrogens (tertiary/aromatic N) is 1. The van der Waals surface area contributed by atoms with E-state index < -0.39 is 0 Å². The second-order valence-electron chi connectivity index (χ2n) is 4.51. The van der Waals surface area contributed by atoms with Crippen molar-refractivity contribution in [1.29, 1.82) is 5.41 Å². The lowest BCUT2D eigenvalue weighted by Crippen LogP contribution is -2.21. The fourth-order valence-electron chi connectivity index (χ4n) is 2.15. The number of aryl methyl sites for hydroxylation is 1. The maximum absolute atomic E-state index is 7.69. The standard InChI is InChI=1S/C16H19N3/c1-3-19(13-10-8-12(2)9-11-13)15-7-5-4-6-14(15)16(17)18/h4-11H,3H2,1-2H3,(H3,17,18). The minimum absolute atomic E-state index is 0.0983. The van der Waals surface area contributed by atoms with E-state index in [-0.39, 0.29) is 5.84 Å². The van der Waals surface area contributed by atoms with Crippen LogP contribution in [-0.4, -0.2) is 12.4 Å². The van der Waals surface area contributed by atoms with E-state index in [0.29, 0.717) is 0 Å². The largest absolute Gasteiger partial charge is 0.384 e. The van der Waals surface area contributed by atoms with Gasteiger partial charge in [-0.3, -0.25) is 5.41 Å². The highest BCUT2D eigenvalue weighted by Gasteiger charge is 2.12. The van der Waals surface area contributed by atoms with E-state index in [1.165, 1.54) is 5.56 Å². The van der Waals surface area contributed by atoms with Crippen LogP contribution >= 0.6 is 0 Å². The first-order valence-electron chi connectivity index (χ1n) is 6.41. The second-order valence-corrected chi connectivity index (χ2v) is 4.51. The van der Waals surface area contributed by atoms with Crippen molar-refractivity contribution in [2.45, 2.75) is 13.8 Å². The fraction of sp³-hybridized carbons (Fsp3) is 0.188. The van der Waals surface area contributed by atoms with Crippen LogP contribution in [0.1, 0.15) is 18.1 Å². The smallest absolute Gasteiger partial charge is 0.124 e. The molecule has 98 valence electrons. The van der Waals surface area contributed by atoms with Crippen LogP contribution in [0.15, 0.2) is 48.5 Å². The number of nitrogen functional groups attached to an aromatic ring is 1. The van der Waals surface area contributed by atoms with E-state index in [1.807, 2.05) is 24.3 Å². The number of nitrogens with one attached hydrogen (secondary N) is 1. The number of para-hydroxylation sites is 1. The Hall–Kier alpha value is -2.29. The lowest BCUT2D eigenvalue weighted by Gasteiger charge is -2.25. The Morgan fingerprint density at radius 1 is 1.11 bits per heavy atom. The number of rotatable bonds is 4. The molecule has 0 fully saturated rings. The molecular weight excluding hydrogens is 234 g/mol. The summed E-state index contributed by atoms with van der Waals surface area (Å²) in [6.45, 7) is 4.99. The van der Waals surface area contributed by atoms with Gasteiger partial charge in [0.25, 0.3) is 0 Å². The van der Waals surface area contributed by atoms with Gasteiger partial charge in [-0.1, -0.05) is 29.8 Å². The molecule has 0 saturated heterocycles. The Balaban J connectivity index is 2.48. The summed E-state index contributed by atoms with van der Waals surface area (Å²) in [5.74, 6) is 0.0983. The van der Waals surface area contributed by atoms with Gasteiger partial charge < -0.3 is 10.6 Å². The van der Waals surface area contributed by atoms with Crippen molar-refractivity contribution in [3.05, 3.63) is 59.7 Å². The highest BCUT2D eigenvalue weighted by atomic mass is 15.1. The second kappa shape index (κ2) is 5.57. The molecule has 0 bridgehead atoms. The fourth-order valence-corrected chi connectivity index (χ4v) is 2.15. The summed E-state index contributed by atoms with van der Waals surface area (Å²) in [4.78, 5) is 2.16. The minimum atomic E-state index is 0.0983. The van der Waals surface area contributed by atoms with Gasteiger partial charge in [-0.15, -0.1) is 0 Å². The maximum Gasteiger partial charge on any atom is 0.124 e. The SMILES string of the molecule is CCN(c1ccc(C)cc1)c1ccccc1C(=N)N. The average Bonchev–Trinajstić information content (AvgIpc) is 2.42. The Morgan fingerprint density at radius 3 is 2.32 bits per heavy atom. The van der Waals surface area contributed by atoms with Crippen molar-refractivity contribution < 1.29 is 0 Å². The molecule has 0 aliphatic rings. The predicted molar refractivity (Wildman–Crippen MR) is 81.3 cm³/mol. The van der Waals surface area contributed by atoms with E-state index in [4.69, 9.17) is 11.1 Å². The summed E-state index contributed by atoms with van der Waals surface area (Å²) < 4.78 is 0. The van der Waals surface area contributed by atoms with Crippen LogP contribution in [0.4, 0.5) is 11.4 Å². The minimum Gasteiger partial charge on any atom is -0.384 e. The lowest BCUT2D eigenvalue weighted by molar-refractivity contribution is 1.02. The first-order chi connectivity index (χ1) is 9.13. The Bertz CT molecular complexity index is 573. The van der Waals surface area contributed by atoms with Crippen LogP contribution in [0.25, 0.3) is 0 Å². The summed E-state index contributed by atoms with van der Waals surface area (Å²) >= 11 is 0. The van der Waals surface area contributed by atoms with Crippen LogP contribution in [0.5, 0.6) is 0 Å². The number of nitrogens with two attached hydrogens (primary N) is 1. The first-order valence-corrected chi connectivity index (χ1v) is 6.41. The van der Waals surface area contributed by atoms with Gasteiger partial charge in [-0.2, -0.15) is 0 Å². The van der Waals surface area contributed by atoms with Crippen LogP contribution in [0.3, 0.4) is 0 Å². The molecule has 3 heteroatoms. The highest BCUT2D eigenvalue weighted by Crippen LogP contribution is 2.28. The molecule has 0 amide bonds. The third kappa shape index (κ3) is 2.76. The maximum atomic E-state index is 7.69. The van der Waals surface area contributed by atoms with Crippen LogP contribution in [-0.2, 0) is 0 Å². The average molecular weight is 253 g/mol. The van der Waals surface area contributed by atoms with Gasteiger partial charge in [0.05, 0.1) is 5.69 Å². The van der Waals surface area contributed by atoms with E-state index in [0.717, 1.165) is 23.5 Å². The molecule has 0 aliphatic heterocycles. The highest BCUT2D eigenvalue weighted by molar-refractivity contribution is 6.01. The molecule has 3 nitrogen and oxygen atoms in total. The molecule has 2 aromatic carbocycles. The normalized spacial score (nSPS) is 10.2. The molecule has 3 N–H and O–H groups in total. The third-order valence-electron chi connectivity index (χ3n) is 3.15.